The van der Waals surface area contributed by atoms with Crippen LogP contribution in [-0.4, -0.2) is 12.4 Å². The highest BCUT2D eigenvalue weighted by Crippen LogP contribution is 2.16. The summed E-state index contributed by atoms with van der Waals surface area (Å²) in [6.07, 6.45) is 11.0. The maximum atomic E-state index is 11.7. The second-order valence-electron chi connectivity index (χ2n) is 6.83. The molecule has 25 heavy (non-hydrogen) atoms. The number of Topliss-reactive ketones (excluding diaryl/α,β-unsaturated/α-hetero) is 1. The molecule has 2 heteroatoms. The van der Waals surface area contributed by atoms with Gasteiger partial charge in [0, 0.05) is 6.42 Å². The van der Waals surface area contributed by atoms with E-state index in [4.69, 9.17) is 4.74 Å². The van der Waals surface area contributed by atoms with Crippen molar-refractivity contribution in [3.05, 3.63) is 54.1 Å². The molecule has 2 nitrogen and oxygen atoms in total. The largest absolute Gasteiger partial charge is 0.493 e. The van der Waals surface area contributed by atoms with Crippen LogP contribution < -0.4 is 4.74 Å². The van der Waals surface area contributed by atoms with Crippen LogP contribution in [0.15, 0.2) is 48.6 Å². The van der Waals surface area contributed by atoms with Crippen LogP contribution in [0.4, 0.5) is 0 Å². The van der Waals surface area contributed by atoms with E-state index < -0.39 is 0 Å². The molecule has 0 atom stereocenters. The number of hydrogen-bond donors (Lipinski definition) is 0. The first kappa shape index (κ1) is 21.2. The SMILES string of the molecule is C=C(C)C(=O)C(=C)CCOc1ccc(CCCCCCCCC)cc1. The Morgan fingerprint density at radius 3 is 2.16 bits per heavy atom. The minimum absolute atomic E-state index is 0.0614. The fraction of sp³-hybridized carbons (Fsp3) is 0.522. The van der Waals surface area contributed by atoms with Gasteiger partial charge in [-0.1, -0.05) is 70.7 Å². The molecule has 0 saturated carbocycles. The van der Waals surface area contributed by atoms with Crippen molar-refractivity contribution in [3.8, 4) is 5.75 Å². The molecule has 1 aromatic carbocycles. The monoisotopic (exact) mass is 342 g/mol. The van der Waals surface area contributed by atoms with Gasteiger partial charge in [-0.25, -0.2) is 0 Å². The number of allylic oxidation sites excluding steroid dienone is 1. The van der Waals surface area contributed by atoms with Gasteiger partial charge in [-0.3, -0.25) is 4.79 Å². The zero-order valence-corrected chi connectivity index (χ0v) is 16.1. The van der Waals surface area contributed by atoms with Gasteiger partial charge < -0.3 is 4.74 Å². The average molecular weight is 343 g/mol. The first-order valence-corrected chi connectivity index (χ1v) is 9.64. The van der Waals surface area contributed by atoms with Gasteiger partial charge in [0.15, 0.2) is 5.78 Å². The zero-order valence-electron chi connectivity index (χ0n) is 16.1. The van der Waals surface area contributed by atoms with E-state index in [1.807, 2.05) is 12.1 Å². The number of benzene rings is 1. The maximum absolute atomic E-state index is 11.7. The molecule has 0 unspecified atom stereocenters. The van der Waals surface area contributed by atoms with Crippen LogP contribution in [-0.2, 0) is 11.2 Å². The summed E-state index contributed by atoms with van der Waals surface area (Å²) in [5.41, 5.74) is 2.45. The van der Waals surface area contributed by atoms with Crippen molar-refractivity contribution in [1.29, 1.82) is 0 Å². The van der Waals surface area contributed by atoms with E-state index in [1.165, 1.54) is 50.5 Å². The summed E-state index contributed by atoms with van der Waals surface area (Å²) in [7, 11) is 0. The molecule has 0 saturated heterocycles. The summed E-state index contributed by atoms with van der Waals surface area (Å²) < 4.78 is 5.70. The predicted octanol–water partition coefficient (Wildman–Crippen LogP) is 6.45. The number of rotatable bonds is 14. The Morgan fingerprint density at radius 2 is 1.56 bits per heavy atom. The molecular weight excluding hydrogens is 308 g/mol. The fourth-order valence-electron chi connectivity index (χ4n) is 2.75. The van der Waals surface area contributed by atoms with Gasteiger partial charge in [0.1, 0.15) is 5.75 Å². The number of carbonyl (C=O) groups is 1. The van der Waals surface area contributed by atoms with Crippen molar-refractivity contribution in [2.24, 2.45) is 0 Å². The van der Waals surface area contributed by atoms with E-state index in [0.717, 1.165) is 12.2 Å². The first-order valence-electron chi connectivity index (χ1n) is 9.64. The molecule has 0 heterocycles. The molecule has 0 aromatic heterocycles. The van der Waals surface area contributed by atoms with Gasteiger partial charge in [-0.2, -0.15) is 0 Å². The van der Waals surface area contributed by atoms with Crippen LogP contribution in [0.25, 0.3) is 0 Å². The number of ether oxygens (including phenoxy) is 1. The third-order valence-corrected chi connectivity index (χ3v) is 4.37. The van der Waals surface area contributed by atoms with Crippen molar-refractivity contribution >= 4 is 5.78 Å². The van der Waals surface area contributed by atoms with E-state index in [2.05, 4.69) is 32.2 Å². The lowest BCUT2D eigenvalue weighted by atomic mass is 10.0. The van der Waals surface area contributed by atoms with Crippen molar-refractivity contribution in [2.75, 3.05) is 6.61 Å². The quantitative estimate of drug-likeness (QED) is 0.287. The summed E-state index contributed by atoms with van der Waals surface area (Å²) in [6.45, 7) is 11.9. The van der Waals surface area contributed by atoms with Crippen LogP contribution in [0, 0.1) is 0 Å². The highest BCUT2D eigenvalue weighted by atomic mass is 16.5. The van der Waals surface area contributed by atoms with Crippen molar-refractivity contribution < 1.29 is 9.53 Å². The van der Waals surface area contributed by atoms with Crippen molar-refractivity contribution in [3.63, 3.8) is 0 Å². The minimum Gasteiger partial charge on any atom is -0.493 e. The highest BCUT2D eigenvalue weighted by Gasteiger charge is 2.07. The van der Waals surface area contributed by atoms with Crippen LogP contribution in [0.2, 0.25) is 0 Å². The number of ketones is 1. The van der Waals surface area contributed by atoms with Crippen LogP contribution >= 0.6 is 0 Å². The average Bonchev–Trinajstić information content (AvgIpc) is 2.61. The Balaban J connectivity index is 2.20. The first-order chi connectivity index (χ1) is 12.0. The minimum atomic E-state index is -0.0614. The molecule has 1 aromatic rings. The smallest absolute Gasteiger partial charge is 0.183 e. The normalized spacial score (nSPS) is 10.5. The number of aryl methyl sites for hydroxylation is 1. The third kappa shape index (κ3) is 9.28. The molecular formula is C23H34O2. The molecule has 0 fully saturated rings. The summed E-state index contributed by atoms with van der Waals surface area (Å²) in [5.74, 6) is 0.785. The van der Waals surface area contributed by atoms with Crippen LogP contribution in [0.5, 0.6) is 5.75 Å². The van der Waals surface area contributed by atoms with Gasteiger partial charge in [-0.05, 0) is 48.6 Å². The molecule has 0 bridgehead atoms. The molecule has 1 rings (SSSR count). The van der Waals surface area contributed by atoms with E-state index in [9.17, 15) is 4.79 Å². The molecule has 0 aliphatic heterocycles. The Bertz CT molecular complexity index is 540. The third-order valence-electron chi connectivity index (χ3n) is 4.37. The topological polar surface area (TPSA) is 26.3 Å². The molecule has 0 radical (unpaired) electrons. The summed E-state index contributed by atoms with van der Waals surface area (Å²) in [4.78, 5) is 11.7. The Hall–Kier alpha value is -1.83. The lowest BCUT2D eigenvalue weighted by Gasteiger charge is -2.08. The number of hydrogen-bond acceptors (Lipinski definition) is 2. The van der Waals surface area contributed by atoms with Gasteiger partial charge >= 0.3 is 0 Å². The Morgan fingerprint density at radius 1 is 0.960 bits per heavy atom. The predicted molar refractivity (Wildman–Crippen MR) is 107 cm³/mol. The molecule has 0 aliphatic carbocycles. The molecule has 0 spiro atoms. The van der Waals surface area contributed by atoms with Crippen molar-refractivity contribution in [2.45, 2.75) is 71.6 Å². The summed E-state index contributed by atoms with van der Waals surface area (Å²) in [5, 5.41) is 0. The lowest BCUT2D eigenvalue weighted by Crippen LogP contribution is -2.07. The van der Waals surface area contributed by atoms with Gasteiger partial charge in [-0.15, -0.1) is 0 Å². The van der Waals surface area contributed by atoms with Gasteiger partial charge in [0.05, 0.1) is 6.61 Å². The standard InChI is InChI=1S/C23H34O2/c1-5-6-7-8-9-10-11-12-21-13-15-22(16-14-21)25-18-17-20(4)23(24)19(2)3/h13-16H,2,4-12,17-18H2,1,3H3. The van der Waals surface area contributed by atoms with Crippen molar-refractivity contribution in [1.82, 2.24) is 0 Å². The zero-order chi connectivity index (χ0) is 18.5. The lowest BCUT2D eigenvalue weighted by molar-refractivity contribution is -0.112. The van der Waals surface area contributed by atoms with E-state index in [-0.39, 0.29) is 5.78 Å². The van der Waals surface area contributed by atoms with E-state index in [0.29, 0.717) is 24.2 Å². The van der Waals surface area contributed by atoms with Crippen LogP contribution in [0.1, 0.15) is 70.8 Å². The van der Waals surface area contributed by atoms with E-state index >= 15 is 0 Å². The Labute approximate surface area is 154 Å². The molecule has 0 N–H and O–H groups in total. The molecule has 138 valence electrons. The van der Waals surface area contributed by atoms with Crippen LogP contribution in [0.3, 0.4) is 0 Å². The number of carbonyl (C=O) groups excluding carboxylic acids is 1. The van der Waals surface area contributed by atoms with Gasteiger partial charge in [0.25, 0.3) is 0 Å². The summed E-state index contributed by atoms with van der Waals surface area (Å²) in [6, 6.07) is 8.31. The van der Waals surface area contributed by atoms with Gasteiger partial charge in [0.2, 0.25) is 0 Å². The number of unbranched alkanes of at least 4 members (excludes halogenated alkanes) is 6. The second kappa shape index (κ2) is 12.5. The molecule has 0 aliphatic rings. The fourth-order valence-corrected chi connectivity index (χ4v) is 2.75. The maximum Gasteiger partial charge on any atom is 0.183 e. The highest BCUT2D eigenvalue weighted by molar-refractivity contribution is 6.06. The molecule has 0 amide bonds. The Kier molecular flexibility index (Phi) is 10.6. The summed E-state index contributed by atoms with van der Waals surface area (Å²) >= 11 is 0. The second-order valence-corrected chi connectivity index (χ2v) is 6.83. The van der Waals surface area contributed by atoms with E-state index in [1.54, 1.807) is 6.92 Å².